The van der Waals surface area contributed by atoms with Gasteiger partial charge in [-0.05, 0) is 13.8 Å². The molecule has 0 saturated carbocycles. The van der Waals surface area contributed by atoms with Gasteiger partial charge in [-0.3, -0.25) is 9.59 Å². The highest BCUT2D eigenvalue weighted by Crippen LogP contribution is 2.51. The summed E-state index contributed by atoms with van der Waals surface area (Å²) in [5, 5.41) is 11.2. The van der Waals surface area contributed by atoms with Crippen LogP contribution in [0.5, 0.6) is 0 Å². The van der Waals surface area contributed by atoms with Crippen LogP contribution in [0.2, 0.25) is 0 Å². The molecule has 2 bridgehead atoms. The van der Waals surface area contributed by atoms with Crippen LogP contribution in [-0.4, -0.2) is 46.6 Å². The molecule has 0 aromatic rings. The Morgan fingerprint density at radius 3 is 2.50 bits per heavy atom. The molecule has 0 aromatic heterocycles. The number of hydrogen-bond acceptors (Lipinski definition) is 7. The molecule has 7 nitrogen and oxygen atoms in total. The Labute approximate surface area is 122 Å². The summed E-state index contributed by atoms with van der Waals surface area (Å²) in [7, 11) is 0. The van der Waals surface area contributed by atoms with Gasteiger partial charge in [-0.15, -0.1) is 0 Å². The lowest BCUT2D eigenvalue weighted by Gasteiger charge is -2.30. The third-order valence-electron chi connectivity index (χ3n) is 3.91. The van der Waals surface area contributed by atoms with Crippen molar-refractivity contribution in [1.29, 1.82) is 0 Å². The van der Waals surface area contributed by atoms with Crippen LogP contribution in [0.3, 0.4) is 0 Å². The second kappa shape index (κ2) is 4.17. The van der Waals surface area contributed by atoms with Gasteiger partial charge in [0.2, 0.25) is 0 Å². The normalized spacial score (nSPS) is 41.6. The zero-order valence-corrected chi connectivity index (χ0v) is 12.3. The molecule has 20 heavy (non-hydrogen) atoms. The van der Waals surface area contributed by atoms with E-state index in [-0.39, 0.29) is 0 Å². The van der Waals surface area contributed by atoms with Crippen LogP contribution < -0.4 is 5.11 Å². The summed E-state index contributed by atoms with van der Waals surface area (Å²) in [4.78, 5) is 34.8. The summed E-state index contributed by atoms with van der Waals surface area (Å²) in [5.74, 6) is -4.59. The first-order valence-electron chi connectivity index (χ1n) is 6.18. The molecular weight excluding hydrogens is 336 g/mol. The zero-order chi connectivity index (χ0) is 14.8. The first-order chi connectivity index (χ1) is 9.21. The van der Waals surface area contributed by atoms with Crippen molar-refractivity contribution >= 4 is 33.8 Å². The second-order valence-electron chi connectivity index (χ2n) is 5.68. The third kappa shape index (κ3) is 1.77. The number of carboxylic acids is 1. The zero-order valence-electron chi connectivity index (χ0n) is 10.7. The number of rotatable bonds is 3. The molecule has 3 rings (SSSR count). The van der Waals surface area contributed by atoms with Gasteiger partial charge in [-0.1, -0.05) is 15.9 Å². The van der Waals surface area contributed by atoms with E-state index in [2.05, 4.69) is 15.9 Å². The van der Waals surface area contributed by atoms with Crippen LogP contribution in [-0.2, 0) is 28.6 Å². The van der Waals surface area contributed by atoms with Crippen molar-refractivity contribution in [3.8, 4) is 0 Å². The van der Waals surface area contributed by atoms with Crippen LogP contribution in [0, 0.1) is 11.8 Å². The number of esters is 2. The van der Waals surface area contributed by atoms with Crippen molar-refractivity contribution < 1.29 is 33.7 Å². The van der Waals surface area contributed by atoms with Crippen LogP contribution in [0.25, 0.3) is 0 Å². The number of hydrogen-bond donors (Lipinski definition) is 0. The SMILES string of the molecule is CC(C)(Br)C(=O)OC1C2OC(=O)C3C2OC1C3C(=O)[O-]. The van der Waals surface area contributed by atoms with Gasteiger partial charge in [0, 0.05) is 11.9 Å². The maximum atomic E-state index is 11.9. The van der Waals surface area contributed by atoms with Gasteiger partial charge in [0.25, 0.3) is 0 Å². The Morgan fingerprint density at radius 1 is 1.30 bits per heavy atom. The van der Waals surface area contributed by atoms with E-state index in [9.17, 15) is 19.5 Å². The lowest BCUT2D eigenvalue weighted by molar-refractivity contribution is -0.314. The number of carbonyl (C=O) groups excluding carboxylic acids is 3. The van der Waals surface area contributed by atoms with Crippen molar-refractivity contribution in [2.45, 2.75) is 42.6 Å². The summed E-state index contributed by atoms with van der Waals surface area (Å²) >= 11 is 3.16. The van der Waals surface area contributed by atoms with Crippen molar-refractivity contribution in [3.63, 3.8) is 0 Å². The maximum Gasteiger partial charge on any atom is 0.322 e. The molecule has 6 unspecified atom stereocenters. The van der Waals surface area contributed by atoms with Crippen LogP contribution in [0.4, 0.5) is 0 Å². The summed E-state index contributed by atoms with van der Waals surface area (Å²) in [6.07, 6.45) is -3.21. The summed E-state index contributed by atoms with van der Waals surface area (Å²) in [6.45, 7) is 3.20. The molecule has 0 spiro atoms. The maximum absolute atomic E-state index is 11.9. The lowest BCUT2D eigenvalue weighted by atomic mass is 9.78. The van der Waals surface area contributed by atoms with E-state index in [1.165, 1.54) is 0 Å². The van der Waals surface area contributed by atoms with Crippen molar-refractivity contribution in [2.75, 3.05) is 0 Å². The van der Waals surface area contributed by atoms with E-state index < -0.39 is 58.5 Å². The van der Waals surface area contributed by atoms with Gasteiger partial charge in [0.05, 0.1) is 5.92 Å². The van der Waals surface area contributed by atoms with E-state index in [0.29, 0.717) is 0 Å². The fourth-order valence-corrected chi connectivity index (χ4v) is 3.10. The van der Waals surface area contributed by atoms with Gasteiger partial charge < -0.3 is 24.1 Å². The Morgan fingerprint density at radius 2 is 1.95 bits per heavy atom. The van der Waals surface area contributed by atoms with E-state index in [0.717, 1.165) is 0 Å². The van der Waals surface area contributed by atoms with E-state index >= 15 is 0 Å². The quantitative estimate of drug-likeness (QED) is 0.464. The van der Waals surface area contributed by atoms with Crippen molar-refractivity contribution in [3.05, 3.63) is 0 Å². The monoisotopic (exact) mass is 347 g/mol. The molecule has 0 amide bonds. The molecule has 3 aliphatic rings. The molecule has 0 aromatic carbocycles. The molecule has 0 aliphatic carbocycles. The number of alkyl halides is 1. The molecule has 3 fully saturated rings. The number of aliphatic carboxylic acids is 1. The van der Waals surface area contributed by atoms with E-state index in [1.54, 1.807) is 13.8 Å². The molecule has 0 N–H and O–H groups in total. The molecule has 110 valence electrons. The largest absolute Gasteiger partial charge is 0.550 e. The molecule has 3 heterocycles. The average Bonchev–Trinajstić information content (AvgIpc) is 2.90. The standard InChI is InChI=1S/C12H13BrO7/c1-12(2,13)11(17)20-8-5-3(9(14)15)4-6(18-5)7(8)19-10(4)16/h3-8H,1-2H3,(H,14,15)/p-1. The smallest absolute Gasteiger partial charge is 0.322 e. The topological polar surface area (TPSA) is 102 Å². The molecule has 3 saturated heterocycles. The Bertz CT molecular complexity index is 497. The molecule has 6 atom stereocenters. The highest BCUT2D eigenvalue weighted by Gasteiger charge is 2.70. The predicted molar refractivity (Wildman–Crippen MR) is 63.4 cm³/mol. The van der Waals surface area contributed by atoms with Gasteiger partial charge in [-0.2, -0.15) is 0 Å². The minimum absolute atomic E-state index is 0.574. The third-order valence-corrected chi connectivity index (χ3v) is 4.23. The minimum Gasteiger partial charge on any atom is -0.550 e. The fourth-order valence-electron chi connectivity index (χ4n) is 3.00. The number of halogens is 1. The fraction of sp³-hybridized carbons (Fsp3) is 0.750. The van der Waals surface area contributed by atoms with Gasteiger partial charge in [-0.25, -0.2) is 0 Å². The minimum atomic E-state index is -1.39. The number of carboxylic acid groups (broad SMARTS) is 1. The number of ether oxygens (including phenoxy) is 3. The Hall–Kier alpha value is -1.15. The molecular formula is C12H12BrO7-. The number of fused-ring (bicyclic) bond motifs is 1. The first-order valence-corrected chi connectivity index (χ1v) is 6.98. The summed E-state index contributed by atoms with van der Waals surface area (Å²) < 4.78 is 14.9. The van der Waals surface area contributed by atoms with E-state index in [1.807, 2.05) is 0 Å². The van der Waals surface area contributed by atoms with Gasteiger partial charge in [0.15, 0.2) is 12.2 Å². The number of carbonyl (C=O) groups is 3. The average molecular weight is 348 g/mol. The molecule has 3 aliphatic heterocycles. The van der Waals surface area contributed by atoms with Crippen LogP contribution in [0.1, 0.15) is 13.8 Å². The Kier molecular flexibility index (Phi) is 2.88. The van der Waals surface area contributed by atoms with Crippen LogP contribution in [0.15, 0.2) is 0 Å². The summed E-state index contributed by atoms with van der Waals surface area (Å²) in [5.41, 5.74) is 0. The second-order valence-corrected chi connectivity index (χ2v) is 7.66. The van der Waals surface area contributed by atoms with Gasteiger partial charge in [0.1, 0.15) is 16.5 Å². The van der Waals surface area contributed by atoms with E-state index in [4.69, 9.17) is 14.2 Å². The molecule has 0 radical (unpaired) electrons. The Balaban J connectivity index is 1.86. The van der Waals surface area contributed by atoms with Crippen molar-refractivity contribution in [2.24, 2.45) is 11.8 Å². The highest BCUT2D eigenvalue weighted by molar-refractivity contribution is 9.10. The highest BCUT2D eigenvalue weighted by atomic mass is 79.9. The van der Waals surface area contributed by atoms with Crippen molar-refractivity contribution in [1.82, 2.24) is 0 Å². The van der Waals surface area contributed by atoms with Gasteiger partial charge >= 0.3 is 11.9 Å². The molecule has 8 heteroatoms. The lowest BCUT2D eigenvalue weighted by Crippen LogP contribution is -2.51. The predicted octanol–water partition coefficient (Wildman–Crippen LogP) is -1.24. The summed E-state index contributed by atoms with van der Waals surface area (Å²) in [6, 6.07) is 0. The first kappa shape index (κ1) is 13.8. The van der Waals surface area contributed by atoms with Crippen LogP contribution >= 0.6 is 15.9 Å².